The summed E-state index contributed by atoms with van der Waals surface area (Å²) in [5.74, 6) is -1.01. The number of aliphatic carboxylic acids is 1. The van der Waals surface area contributed by atoms with Crippen molar-refractivity contribution in [2.75, 3.05) is 0 Å². The van der Waals surface area contributed by atoms with Crippen molar-refractivity contribution < 1.29 is 9.90 Å². The van der Waals surface area contributed by atoms with Crippen LogP contribution in [-0.4, -0.2) is 15.6 Å². The van der Waals surface area contributed by atoms with Crippen molar-refractivity contribution in [3.63, 3.8) is 0 Å². The van der Waals surface area contributed by atoms with Crippen LogP contribution in [0.3, 0.4) is 0 Å². The number of carbonyl (C=O) groups is 1. The van der Waals surface area contributed by atoms with Gasteiger partial charge < -0.3 is 9.67 Å². The number of carboxylic acids is 1. The van der Waals surface area contributed by atoms with Crippen LogP contribution < -0.4 is 0 Å². The molecule has 0 saturated heterocycles. The van der Waals surface area contributed by atoms with Crippen molar-refractivity contribution in [1.82, 2.24) is 4.57 Å². The number of para-hydroxylation sites is 1. The minimum absolute atomic E-state index is 0.464. The van der Waals surface area contributed by atoms with Crippen molar-refractivity contribution >= 4 is 46.2 Å². The summed E-state index contributed by atoms with van der Waals surface area (Å²) in [6, 6.07) is 5.43. The van der Waals surface area contributed by atoms with E-state index in [0.29, 0.717) is 15.7 Å². The summed E-state index contributed by atoms with van der Waals surface area (Å²) in [6.45, 7) is 0. The molecule has 1 N–H and O–H groups in total. The number of aryl methyl sites for hydroxylation is 1. The SMILES string of the molecule is Cn1c(Cl)c(/C=C/C(=O)O)c2cccc(Cl)c21. The molecule has 0 aliphatic carbocycles. The van der Waals surface area contributed by atoms with Crippen molar-refractivity contribution in [1.29, 1.82) is 0 Å². The fourth-order valence-corrected chi connectivity index (χ4v) is 2.33. The van der Waals surface area contributed by atoms with Gasteiger partial charge in [-0.25, -0.2) is 4.79 Å². The molecular weight excluding hydrogens is 261 g/mol. The number of nitrogens with zero attached hydrogens (tertiary/aromatic N) is 1. The van der Waals surface area contributed by atoms with E-state index in [1.54, 1.807) is 23.7 Å². The molecule has 0 atom stereocenters. The highest BCUT2D eigenvalue weighted by Gasteiger charge is 2.13. The third-order valence-electron chi connectivity index (χ3n) is 2.52. The molecule has 0 radical (unpaired) electrons. The van der Waals surface area contributed by atoms with Crippen molar-refractivity contribution in [3.8, 4) is 0 Å². The molecule has 17 heavy (non-hydrogen) atoms. The first-order valence-corrected chi connectivity index (χ1v) is 5.61. The minimum Gasteiger partial charge on any atom is -0.478 e. The zero-order valence-electron chi connectivity index (χ0n) is 8.95. The summed E-state index contributed by atoms with van der Waals surface area (Å²) < 4.78 is 1.74. The van der Waals surface area contributed by atoms with Gasteiger partial charge in [-0.3, -0.25) is 0 Å². The molecule has 5 heteroatoms. The van der Waals surface area contributed by atoms with Crippen LogP contribution in [0.2, 0.25) is 10.2 Å². The lowest BCUT2D eigenvalue weighted by Gasteiger charge is -1.98. The Morgan fingerprint density at radius 3 is 2.76 bits per heavy atom. The predicted molar refractivity (Wildman–Crippen MR) is 69.6 cm³/mol. The highest BCUT2D eigenvalue weighted by molar-refractivity contribution is 6.37. The van der Waals surface area contributed by atoms with Gasteiger partial charge in [-0.15, -0.1) is 0 Å². The fraction of sp³-hybridized carbons (Fsp3) is 0.0833. The molecular formula is C12H9Cl2NO2. The Balaban J connectivity index is 2.76. The van der Waals surface area contributed by atoms with Crippen LogP contribution in [0.5, 0.6) is 0 Å². The molecule has 0 aliphatic heterocycles. The van der Waals surface area contributed by atoms with Crippen LogP contribution in [0.15, 0.2) is 24.3 Å². The Kier molecular flexibility index (Phi) is 3.13. The first kappa shape index (κ1) is 12.0. The van der Waals surface area contributed by atoms with Crippen LogP contribution in [0.25, 0.3) is 17.0 Å². The van der Waals surface area contributed by atoms with E-state index in [1.807, 2.05) is 6.07 Å². The van der Waals surface area contributed by atoms with E-state index in [-0.39, 0.29) is 0 Å². The van der Waals surface area contributed by atoms with E-state index in [4.69, 9.17) is 28.3 Å². The van der Waals surface area contributed by atoms with E-state index in [9.17, 15) is 4.79 Å². The van der Waals surface area contributed by atoms with E-state index < -0.39 is 5.97 Å². The van der Waals surface area contributed by atoms with Crippen molar-refractivity contribution in [2.24, 2.45) is 7.05 Å². The van der Waals surface area contributed by atoms with Gasteiger partial charge in [0.05, 0.1) is 10.5 Å². The van der Waals surface area contributed by atoms with E-state index in [0.717, 1.165) is 17.0 Å². The lowest BCUT2D eigenvalue weighted by Crippen LogP contribution is -1.87. The van der Waals surface area contributed by atoms with E-state index in [1.165, 1.54) is 6.08 Å². The second kappa shape index (κ2) is 4.43. The van der Waals surface area contributed by atoms with Gasteiger partial charge in [0, 0.05) is 24.1 Å². The van der Waals surface area contributed by atoms with Crippen LogP contribution in [-0.2, 0) is 11.8 Å². The largest absolute Gasteiger partial charge is 0.478 e. The Morgan fingerprint density at radius 2 is 2.12 bits per heavy atom. The molecule has 0 amide bonds. The molecule has 3 nitrogen and oxygen atoms in total. The number of aromatic nitrogens is 1. The monoisotopic (exact) mass is 269 g/mol. The average molecular weight is 270 g/mol. The molecule has 88 valence electrons. The number of halogens is 2. The van der Waals surface area contributed by atoms with Gasteiger partial charge in [0.1, 0.15) is 5.15 Å². The van der Waals surface area contributed by atoms with Gasteiger partial charge in [-0.05, 0) is 12.1 Å². The topological polar surface area (TPSA) is 42.2 Å². The third-order valence-corrected chi connectivity index (χ3v) is 3.28. The average Bonchev–Trinajstić information content (AvgIpc) is 2.51. The third kappa shape index (κ3) is 2.04. The van der Waals surface area contributed by atoms with E-state index in [2.05, 4.69) is 0 Å². The lowest BCUT2D eigenvalue weighted by molar-refractivity contribution is -0.131. The molecule has 2 aromatic rings. The quantitative estimate of drug-likeness (QED) is 0.847. The van der Waals surface area contributed by atoms with Crippen LogP contribution in [0.4, 0.5) is 0 Å². The molecule has 1 aromatic heterocycles. The number of carboxylic acid groups (broad SMARTS) is 1. The number of fused-ring (bicyclic) bond motifs is 1. The molecule has 0 bridgehead atoms. The molecule has 0 unspecified atom stereocenters. The summed E-state index contributed by atoms with van der Waals surface area (Å²) in [6.07, 6.45) is 2.53. The Hall–Kier alpha value is -1.45. The number of rotatable bonds is 2. The Labute approximate surface area is 108 Å². The first-order chi connectivity index (χ1) is 8.02. The van der Waals surface area contributed by atoms with Gasteiger partial charge in [-0.2, -0.15) is 0 Å². The lowest BCUT2D eigenvalue weighted by atomic mass is 10.1. The van der Waals surface area contributed by atoms with Crippen LogP contribution in [0, 0.1) is 0 Å². The first-order valence-electron chi connectivity index (χ1n) is 4.85. The molecule has 0 spiro atoms. The minimum atomic E-state index is -1.01. The Bertz CT molecular complexity index is 629. The maximum atomic E-state index is 10.5. The van der Waals surface area contributed by atoms with E-state index >= 15 is 0 Å². The Morgan fingerprint density at radius 1 is 1.41 bits per heavy atom. The predicted octanol–water partition coefficient (Wildman–Crippen LogP) is 3.58. The summed E-state index contributed by atoms with van der Waals surface area (Å²) in [5, 5.41) is 10.5. The normalized spacial score (nSPS) is 11.5. The summed E-state index contributed by atoms with van der Waals surface area (Å²) >= 11 is 12.2. The van der Waals surface area contributed by atoms with Crippen molar-refractivity contribution in [2.45, 2.75) is 0 Å². The van der Waals surface area contributed by atoms with Gasteiger partial charge in [0.25, 0.3) is 0 Å². The maximum absolute atomic E-state index is 10.5. The number of benzene rings is 1. The highest BCUT2D eigenvalue weighted by Crippen LogP contribution is 2.34. The van der Waals surface area contributed by atoms with Crippen LogP contribution >= 0.6 is 23.2 Å². The van der Waals surface area contributed by atoms with Crippen LogP contribution in [0.1, 0.15) is 5.56 Å². The second-order valence-electron chi connectivity index (χ2n) is 3.57. The molecule has 0 aliphatic rings. The highest BCUT2D eigenvalue weighted by atomic mass is 35.5. The molecule has 2 rings (SSSR count). The summed E-state index contributed by atoms with van der Waals surface area (Å²) in [7, 11) is 1.79. The standard InChI is InChI=1S/C12H9Cl2NO2/c1-15-11-7(3-2-4-9(11)13)8(12(15)14)5-6-10(16)17/h2-6H,1H3,(H,16,17)/b6-5+. The van der Waals surface area contributed by atoms with Gasteiger partial charge in [0.2, 0.25) is 0 Å². The van der Waals surface area contributed by atoms with Crippen molar-refractivity contribution in [3.05, 3.63) is 40.0 Å². The number of hydrogen-bond donors (Lipinski definition) is 1. The fourth-order valence-electron chi connectivity index (χ4n) is 1.78. The smallest absolute Gasteiger partial charge is 0.328 e. The zero-order chi connectivity index (χ0) is 12.6. The summed E-state index contributed by atoms with van der Waals surface area (Å²) in [4.78, 5) is 10.5. The van der Waals surface area contributed by atoms with Gasteiger partial charge in [-0.1, -0.05) is 35.3 Å². The molecule has 1 aromatic carbocycles. The second-order valence-corrected chi connectivity index (χ2v) is 4.34. The summed E-state index contributed by atoms with van der Waals surface area (Å²) in [5.41, 5.74) is 1.46. The molecule has 1 heterocycles. The number of hydrogen-bond acceptors (Lipinski definition) is 1. The zero-order valence-corrected chi connectivity index (χ0v) is 10.5. The van der Waals surface area contributed by atoms with Gasteiger partial charge >= 0.3 is 5.97 Å². The molecule has 0 saturated carbocycles. The molecule has 0 fully saturated rings. The van der Waals surface area contributed by atoms with Gasteiger partial charge in [0.15, 0.2) is 0 Å². The maximum Gasteiger partial charge on any atom is 0.328 e.